The van der Waals surface area contributed by atoms with Crippen molar-refractivity contribution >= 4 is 17.6 Å². The van der Waals surface area contributed by atoms with Crippen LogP contribution in [0.15, 0.2) is 59.8 Å². The maximum atomic E-state index is 13.0. The van der Waals surface area contributed by atoms with Crippen molar-refractivity contribution in [3.63, 3.8) is 0 Å². The number of rotatable bonds is 3. The summed E-state index contributed by atoms with van der Waals surface area (Å²) in [6.45, 7) is 1.63. The Labute approximate surface area is 143 Å². The van der Waals surface area contributed by atoms with Crippen LogP contribution in [0, 0.1) is 5.82 Å². The number of hydrogen-bond donors (Lipinski definition) is 4. The monoisotopic (exact) mass is 341 g/mol. The predicted molar refractivity (Wildman–Crippen MR) is 90.2 cm³/mol. The standard InChI is InChI=1S/C18H16FN3O3/c1-10-15(17(24)21-13-6-4-12(19)5-7-13)16(22-18(25)20-10)11-2-8-14(23)9-3-11/h2-9,16,23H,1H3,(H,21,24)(H2,20,22,25)/t16-/m0/s1. The molecule has 2 aromatic rings. The number of phenolic OH excluding ortho intramolecular Hbond substituents is 1. The summed E-state index contributed by atoms with van der Waals surface area (Å²) in [5, 5.41) is 17.4. The Kier molecular flexibility index (Phi) is 4.38. The van der Waals surface area contributed by atoms with Crippen LogP contribution in [-0.4, -0.2) is 17.0 Å². The second kappa shape index (κ2) is 6.64. The average Bonchev–Trinajstić information content (AvgIpc) is 2.57. The SMILES string of the molecule is CC1=C(C(=O)Nc2ccc(F)cc2)[C@H](c2ccc(O)cc2)NC(=O)N1. The molecule has 3 rings (SSSR count). The van der Waals surface area contributed by atoms with Gasteiger partial charge in [0.15, 0.2) is 0 Å². The molecule has 0 saturated carbocycles. The van der Waals surface area contributed by atoms with E-state index < -0.39 is 23.8 Å². The van der Waals surface area contributed by atoms with E-state index in [9.17, 15) is 19.1 Å². The Balaban J connectivity index is 1.92. The van der Waals surface area contributed by atoms with Crippen LogP contribution in [0.5, 0.6) is 5.75 Å². The number of halogens is 1. The number of amides is 3. The van der Waals surface area contributed by atoms with Gasteiger partial charge in [-0.3, -0.25) is 4.79 Å². The van der Waals surface area contributed by atoms with E-state index in [0.717, 1.165) is 0 Å². The van der Waals surface area contributed by atoms with E-state index in [1.54, 1.807) is 19.1 Å². The highest BCUT2D eigenvalue weighted by atomic mass is 19.1. The highest BCUT2D eigenvalue weighted by Gasteiger charge is 2.31. The fraction of sp³-hybridized carbons (Fsp3) is 0.111. The topological polar surface area (TPSA) is 90.5 Å². The number of allylic oxidation sites excluding steroid dienone is 1. The Bertz CT molecular complexity index is 845. The first-order valence-corrected chi connectivity index (χ1v) is 7.58. The summed E-state index contributed by atoms with van der Waals surface area (Å²) in [4.78, 5) is 24.5. The molecule has 2 aromatic carbocycles. The van der Waals surface area contributed by atoms with E-state index in [1.807, 2.05) is 0 Å². The van der Waals surface area contributed by atoms with E-state index in [0.29, 0.717) is 22.5 Å². The summed E-state index contributed by atoms with van der Waals surface area (Å²) in [7, 11) is 0. The van der Waals surface area contributed by atoms with Gasteiger partial charge in [-0.05, 0) is 48.9 Å². The molecule has 0 spiro atoms. The Morgan fingerprint density at radius 3 is 2.40 bits per heavy atom. The number of carbonyl (C=O) groups is 2. The average molecular weight is 341 g/mol. The molecule has 0 unspecified atom stereocenters. The fourth-order valence-corrected chi connectivity index (χ4v) is 2.64. The molecule has 3 amide bonds. The van der Waals surface area contributed by atoms with Gasteiger partial charge in [-0.1, -0.05) is 12.1 Å². The highest BCUT2D eigenvalue weighted by molar-refractivity contribution is 6.06. The van der Waals surface area contributed by atoms with E-state index in [4.69, 9.17) is 0 Å². The van der Waals surface area contributed by atoms with Crippen molar-refractivity contribution in [2.24, 2.45) is 0 Å². The Hall–Kier alpha value is -3.35. The van der Waals surface area contributed by atoms with Gasteiger partial charge >= 0.3 is 6.03 Å². The maximum Gasteiger partial charge on any atom is 0.319 e. The maximum absolute atomic E-state index is 13.0. The lowest BCUT2D eigenvalue weighted by Gasteiger charge is -2.28. The molecule has 6 nitrogen and oxygen atoms in total. The van der Waals surface area contributed by atoms with Gasteiger partial charge in [0.2, 0.25) is 0 Å². The van der Waals surface area contributed by atoms with Gasteiger partial charge in [-0.2, -0.15) is 0 Å². The lowest BCUT2D eigenvalue weighted by molar-refractivity contribution is -0.113. The number of urea groups is 1. The molecule has 0 bridgehead atoms. The molecule has 0 saturated heterocycles. The summed E-state index contributed by atoms with van der Waals surface area (Å²) in [5.41, 5.74) is 1.83. The van der Waals surface area contributed by atoms with Crippen LogP contribution in [0.1, 0.15) is 18.5 Å². The van der Waals surface area contributed by atoms with Crippen LogP contribution in [0.25, 0.3) is 0 Å². The fourth-order valence-electron chi connectivity index (χ4n) is 2.64. The molecular weight excluding hydrogens is 325 g/mol. The molecule has 4 N–H and O–H groups in total. The normalized spacial score (nSPS) is 16.9. The molecule has 1 heterocycles. The van der Waals surface area contributed by atoms with E-state index in [1.165, 1.54) is 36.4 Å². The van der Waals surface area contributed by atoms with Gasteiger partial charge in [-0.15, -0.1) is 0 Å². The number of aromatic hydroxyl groups is 1. The van der Waals surface area contributed by atoms with Crippen molar-refractivity contribution in [3.05, 3.63) is 71.2 Å². The van der Waals surface area contributed by atoms with Gasteiger partial charge < -0.3 is 21.1 Å². The number of nitrogens with one attached hydrogen (secondary N) is 3. The Morgan fingerprint density at radius 2 is 1.76 bits per heavy atom. The van der Waals surface area contributed by atoms with Crippen molar-refractivity contribution in [2.45, 2.75) is 13.0 Å². The highest BCUT2D eigenvalue weighted by Crippen LogP contribution is 2.28. The molecule has 0 radical (unpaired) electrons. The molecule has 1 aliphatic heterocycles. The molecule has 0 aromatic heterocycles. The van der Waals surface area contributed by atoms with Gasteiger partial charge in [-0.25, -0.2) is 9.18 Å². The molecule has 0 fully saturated rings. The quantitative estimate of drug-likeness (QED) is 0.692. The minimum atomic E-state index is -0.671. The number of phenols is 1. The van der Waals surface area contributed by atoms with Gasteiger partial charge in [0.25, 0.3) is 5.91 Å². The number of hydrogen-bond acceptors (Lipinski definition) is 3. The molecule has 0 aliphatic carbocycles. The third kappa shape index (κ3) is 3.60. The summed E-state index contributed by atoms with van der Waals surface area (Å²) >= 11 is 0. The molecule has 25 heavy (non-hydrogen) atoms. The largest absolute Gasteiger partial charge is 0.508 e. The molecule has 128 valence electrons. The zero-order valence-corrected chi connectivity index (χ0v) is 13.3. The van der Waals surface area contributed by atoms with Crippen LogP contribution in [0.4, 0.5) is 14.9 Å². The third-order valence-corrected chi connectivity index (χ3v) is 3.84. The van der Waals surface area contributed by atoms with Crippen molar-refractivity contribution < 1.29 is 19.1 Å². The lowest BCUT2D eigenvalue weighted by atomic mass is 9.94. The molecule has 1 aliphatic rings. The zero-order chi connectivity index (χ0) is 18.0. The molecular formula is C18H16FN3O3. The van der Waals surface area contributed by atoms with Crippen LogP contribution in [-0.2, 0) is 4.79 Å². The molecule has 7 heteroatoms. The number of anilines is 1. The minimum Gasteiger partial charge on any atom is -0.508 e. The van der Waals surface area contributed by atoms with Gasteiger partial charge in [0, 0.05) is 11.4 Å². The van der Waals surface area contributed by atoms with E-state index >= 15 is 0 Å². The first-order valence-electron chi connectivity index (χ1n) is 7.58. The summed E-state index contributed by atoms with van der Waals surface area (Å²) in [5.74, 6) is -0.737. The predicted octanol–water partition coefficient (Wildman–Crippen LogP) is 2.80. The van der Waals surface area contributed by atoms with Crippen LogP contribution in [0.2, 0.25) is 0 Å². The smallest absolute Gasteiger partial charge is 0.319 e. The number of carbonyl (C=O) groups excluding carboxylic acids is 2. The van der Waals surface area contributed by atoms with Crippen LogP contribution >= 0.6 is 0 Å². The van der Waals surface area contributed by atoms with E-state index in [-0.39, 0.29) is 5.75 Å². The van der Waals surface area contributed by atoms with Crippen molar-refractivity contribution in [3.8, 4) is 5.75 Å². The van der Waals surface area contributed by atoms with Crippen molar-refractivity contribution in [1.29, 1.82) is 0 Å². The van der Waals surface area contributed by atoms with Crippen molar-refractivity contribution in [1.82, 2.24) is 10.6 Å². The first-order chi connectivity index (χ1) is 11.9. The second-order valence-electron chi connectivity index (χ2n) is 5.62. The van der Waals surface area contributed by atoms with E-state index in [2.05, 4.69) is 16.0 Å². The molecule has 1 atom stereocenters. The van der Waals surface area contributed by atoms with Crippen LogP contribution in [0.3, 0.4) is 0 Å². The summed E-state index contributed by atoms with van der Waals surface area (Å²) < 4.78 is 13.0. The third-order valence-electron chi connectivity index (χ3n) is 3.84. The number of benzene rings is 2. The van der Waals surface area contributed by atoms with Gasteiger partial charge in [0.1, 0.15) is 11.6 Å². The van der Waals surface area contributed by atoms with Gasteiger partial charge in [0.05, 0.1) is 11.6 Å². The first kappa shape index (κ1) is 16.5. The second-order valence-corrected chi connectivity index (χ2v) is 5.62. The Morgan fingerprint density at radius 1 is 1.12 bits per heavy atom. The lowest BCUT2D eigenvalue weighted by Crippen LogP contribution is -2.45. The summed E-state index contributed by atoms with van der Waals surface area (Å²) in [6.07, 6.45) is 0. The van der Waals surface area contributed by atoms with Crippen molar-refractivity contribution in [2.75, 3.05) is 5.32 Å². The van der Waals surface area contributed by atoms with Crippen LogP contribution < -0.4 is 16.0 Å². The minimum absolute atomic E-state index is 0.0852. The summed E-state index contributed by atoms with van der Waals surface area (Å²) in [6, 6.07) is 10.5. The zero-order valence-electron chi connectivity index (χ0n) is 13.3.